The summed E-state index contributed by atoms with van der Waals surface area (Å²) in [5.41, 5.74) is 0. The Kier molecular flexibility index (Phi) is 5.27. The molecule has 0 aromatic rings. The Morgan fingerprint density at radius 2 is 2.13 bits per heavy atom. The molecule has 1 aliphatic carbocycles. The van der Waals surface area contributed by atoms with Gasteiger partial charge in [-0.1, -0.05) is 27.2 Å². The molecule has 0 spiro atoms. The van der Waals surface area contributed by atoms with Crippen molar-refractivity contribution in [2.24, 2.45) is 17.8 Å². The van der Waals surface area contributed by atoms with Gasteiger partial charge in [0.15, 0.2) is 0 Å². The Morgan fingerprint density at radius 1 is 1.47 bits per heavy atom. The maximum absolute atomic E-state index is 10.8. The number of hydrogen-bond acceptors (Lipinski definition) is 2. The topological polar surface area (TPSA) is 26.3 Å². The number of hydrogen-bond donors (Lipinski definition) is 0. The van der Waals surface area contributed by atoms with Crippen molar-refractivity contribution in [3.63, 3.8) is 0 Å². The van der Waals surface area contributed by atoms with Gasteiger partial charge in [-0.2, -0.15) is 0 Å². The van der Waals surface area contributed by atoms with E-state index in [1.165, 1.54) is 12.8 Å². The van der Waals surface area contributed by atoms with Crippen molar-refractivity contribution in [2.45, 2.75) is 46.1 Å². The molecule has 88 valence electrons. The van der Waals surface area contributed by atoms with Crippen LogP contribution in [0.25, 0.3) is 0 Å². The normalized spacial score (nSPS) is 31.9. The zero-order valence-electron chi connectivity index (χ0n) is 9.83. The van der Waals surface area contributed by atoms with E-state index in [1.807, 2.05) is 0 Å². The lowest BCUT2D eigenvalue weighted by molar-refractivity contribution is -0.120. The first-order valence-corrected chi connectivity index (χ1v) is 6.60. The first-order valence-electron chi connectivity index (χ1n) is 5.80. The van der Waals surface area contributed by atoms with E-state index in [0.29, 0.717) is 11.8 Å². The van der Waals surface area contributed by atoms with E-state index >= 15 is 0 Å². The Labute approximate surface area is 101 Å². The summed E-state index contributed by atoms with van der Waals surface area (Å²) in [5, 5.41) is 0. The lowest BCUT2D eigenvalue weighted by Gasteiger charge is -2.36. The Bertz CT molecular complexity index is 216. The number of halogens is 1. The van der Waals surface area contributed by atoms with Gasteiger partial charge in [0.2, 0.25) is 4.69 Å². The van der Waals surface area contributed by atoms with Crippen LogP contribution < -0.4 is 0 Å². The zero-order chi connectivity index (χ0) is 11.4. The molecule has 0 aliphatic heterocycles. The summed E-state index contributed by atoms with van der Waals surface area (Å²) in [6.45, 7) is 6.96. The van der Waals surface area contributed by atoms with Crippen LogP contribution in [0.1, 0.15) is 40.0 Å². The lowest BCUT2D eigenvalue weighted by atomic mass is 9.75. The molecular weight excluding hydrogens is 256 g/mol. The molecule has 1 rings (SSSR count). The molecule has 0 heterocycles. The molecule has 3 atom stereocenters. The van der Waals surface area contributed by atoms with Gasteiger partial charge in [0.1, 0.15) is 6.61 Å². The largest absolute Gasteiger partial charge is 0.369 e. The molecule has 1 fully saturated rings. The monoisotopic (exact) mass is 276 g/mol. The van der Waals surface area contributed by atoms with E-state index in [0.717, 1.165) is 12.3 Å². The fourth-order valence-corrected chi connectivity index (χ4v) is 2.61. The lowest BCUT2D eigenvalue weighted by Crippen LogP contribution is -2.35. The minimum absolute atomic E-state index is 0.0526. The minimum Gasteiger partial charge on any atom is -0.369 e. The third-order valence-electron chi connectivity index (χ3n) is 3.37. The van der Waals surface area contributed by atoms with E-state index in [2.05, 4.69) is 36.7 Å². The third kappa shape index (κ3) is 4.23. The fourth-order valence-electron chi connectivity index (χ4n) is 2.48. The Hall–Kier alpha value is 0.110. The molecule has 3 unspecified atom stereocenters. The maximum atomic E-state index is 10.8. The molecule has 0 aromatic heterocycles. The molecule has 0 aromatic carbocycles. The van der Waals surface area contributed by atoms with Gasteiger partial charge in [-0.25, -0.2) is 0 Å². The highest BCUT2D eigenvalue weighted by Crippen LogP contribution is 2.35. The van der Waals surface area contributed by atoms with Crippen LogP contribution >= 0.6 is 15.9 Å². The van der Waals surface area contributed by atoms with Crippen molar-refractivity contribution < 1.29 is 9.53 Å². The third-order valence-corrected chi connectivity index (χ3v) is 3.60. The summed E-state index contributed by atoms with van der Waals surface area (Å²) in [6.07, 6.45) is 3.91. The molecule has 0 amide bonds. The molecule has 0 bridgehead atoms. The molecule has 0 N–H and O–H groups in total. The van der Waals surface area contributed by atoms with Crippen LogP contribution in [0.5, 0.6) is 0 Å². The highest BCUT2D eigenvalue weighted by atomic mass is 79.9. The van der Waals surface area contributed by atoms with Gasteiger partial charge in [-0.15, -0.1) is 0 Å². The molecule has 0 saturated heterocycles. The molecular formula is C12H21BrO2. The van der Waals surface area contributed by atoms with Gasteiger partial charge in [-0.3, -0.25) is 4.79 Å². The van der Waals surface area contributed by atoms with Crippen molar-refractivity contribution in [2.75, 3.05) is 6.61 Å². The summed E-state index contributed by atoms with van der Waals surface area (Å²) in [4.78, 5) is 10.8. The van der Waals surface area contributed by atoms with Crippen LogP contribution in [0.2, 0.25) is 0 Å². The summed E-state index contributed by atoms with van der Waals surface area (Å²) in [7, 11) is 0. The van der Waals surface area contributed by atoms with Gasteiger partial charge in [0, 0.05) is 0 Å². The van der Waals surface area contributed by atoms with Gasteiger partial charge >= 0.3 is 0 Å². The summed E-state index contributed by atoms with van der Waals surface area (Å²) < 4.78 is 5.64. The first-order chi connectivity index (χ1) is 7.00. The van der Waals surface area contributed by atoms with Gasteiger partial charge < -0.3 is 4.74 Å². The van der Waals surface area contributed by atoms with E-state index < -0.39 is 0 Å². The second-order valence-corrected chi connectivity index (χ2v) is 5.92. The van der Waals surface area contributed by atoms with Crippen LogP contribution in [0.15, 0.2) is 0 Å². The second-order valence-electron chi connectivity index (χ2n) is 5.03. The van der Waals surface area contributed by atoms with Crippen LogP contribution in [0.4, 0.5) is 0 Å². The Morgan fingerprint density at radius 3 is 2.67 bits per heavy atom. The predicted molar refractivity (Wildman–Crippen MR) is 65.0 cm³/mol. The van der Waals surface area contributed by atoms with Crippen LogP contribution in [-0.2, 0) is 9.53 Å². The fraction of sp³-hybridized carbons (Fsp3) is 0.917. The molecule has 2 nitrogen and oxygen atoms in total. The average molecular weight is 277 g/mol. The quantitative estimate of drug-likeness (QED) is 0.736. The van der Waals surface area contributed by atoms with Crippen LogP contribution in [0.3, 0.4) is 0 Å². The predicted octanol–water partition coefficient (Wildman–Crippen LogP) is 3.39. The van der Waals surface area contributed by atoms with E-state index in [4.69, 9.17) is 4.74 Å². The smallest absolute Gasteiger partial charge is 0.223 e. The van der Waals surface area contributed by atoms with Gasteiger partial charge in [0.05, 0.1) is 6.10 Å². The van der Waals surface area contributed by atoms with Gasteiger partial charge in [0.25, 0.3) is 0 Å². The molecule has 1 aliphatic rings. The average Bonchev–Trinajstić information content (AvgIpc) is 2.14. The number of carbonyl (C=O) groups is 1. The van der Waals surface area contributed by atoms with E-state index in [1.54, 1.807) is 0 Å². The van der Waals surface area contributed by atoms with Crippen molar-refractivity contribution in [1.29, 1.82) is 0 Å². The first kappa shape index (κ1) is 13.2. The van der Waals surface area contributed by atoms with E-state index in [-0.39, 0.29) is 17.4 Å². The highest BCUT2D eigenvalue weighted by Gasteiger charge is 2.31. The molecule has 3 heteroatoms. The highest BCUT2D eigenvalue weighted by molar-refractivity contribution is 9.18. The van der Waals surface area contributed by atoms with Crippen LogP contribution in [0, 0.1) is 17.8 Å². The van der Waals surface area contributed by atoms with Crippen molar-refractivity contribution >= 4 is 20.6 Å². The minimum atomic E-state index is -0.0526. The molecule has 15 heavy (non-hydrogen) atoms. The SMILES string of the molecule is CC1CCC(C(C)C)C(OCC(=O)Br)C1. The summed E-state index contributed by atoms with van der Waals surface area (Å²) in [6, 6.07) is 0. The Balaban J connectivity index is 2.50. The summed E-state index contributed by atoms with van der Waals surface area (Å²) >= 11 is 2.91. The van der Waals surface area contributed by atoms with Gasteiger partial charge in [-0.05, 0) is 46.5 Å². The number of rotatable bonds is 4. The maximum Gasteiger partial charge on any atom is 0.223 e. The van der Waals surface area contributed by atoms with Crippen molar-refractivity contribution in [3.8, 4) is 0 Å². The van der Waals surface area contributed by atoms with Crippen molar-refractivity contribution in [1.82, 2.24) is 0 Å². The standard InChI is InChI=1S/C12H21BrO2/c1-8(2)10-5-4-9(3)6-11(10)15-7-12(13)14/h8-11H,4-7H2,1-3H3. The molecule has 0 radical (unpaired) electrons. The molecule has 1 saturated carbocycles. The van der Waals surface area contributed by atoms with Crippen LogP contribution in [-0.4, -0.2) is 17.4 Å². The zero-order valence-corrected chi connectivity index (χ0v) is 11.4. The van der Waals surface area contributed by atoms with E-state index in [9.17, 15) is 4.79 Å². The number of ether oxygens (including phenoxy) is 1. The summed E-state index contributed by atoms with van der Waals surface area (Å²) in [5.74, 6) is 2.00. The van der Waals surface area contributed by atoms with Crippen molar-refractivity contribution in [3.05, 3.63) is 0 Å². The number of carbonyl (C=O) groups excluding carboxylic acids is 1. The second kappa shape index (κ2) is 6.00.